The van der Waals surface area contributed by atoms with Crippen molar-refractivity contribution in [1.82, 2.24) is 10.3 Å². The molecule has 1 saturated carbocycles. The molecule has 2 N–H and O–H groups in total. The van der Waals surface area contributed by atoms with Crippen molar-refractivity contribution in [2.45, 2.75) is 32.2 Å². The molecular formula is C18H19N3O2. The Morgan fingerprint density at radius 3 is 2.70 bits per heavy atom. The molecule has 1 aliphatic rings. The minimum atomic E-state index is -0.313. The molecule has 1 heterocycles. The van der Waals surface area contributed by atoms with Crippen LogP contribution in [0, 0.1) is 0 Å². The Bertz CT molecular complexity index is 739. The fourth-order valence-electron chi connectivity index (χ4n) is 2.33. The van der Waals surface area contributed by atoms with Gasteiger partial charge < -0.3 is 10.6 Å². The van der Waals surface area contributed by atoms with E-state index < -0.39 is 0 Å². The fraction of sp³-hybridized carbons (Fsp3) is 0.278. The highest BCUT2D eigenvalue weighted by atomic mass is 16.2. The molecule has 0 atom stereocenters. The first-order chi connectivity index (χ1) is 11.2. The van der Waals surface area contributed by atoms with E-state index in [-0.39, 0.29) is 23.6 Å². The summed E-state index contributed by atoms with van der Waals surface area (Å²) >= 11 is 0. The van der Waals surface area contributed by atoms with Crippen molar-refractivity contribution in [2.75, 3.05) is 5.32 Å². The summed E-state index contributed by atoms with van der Waals surface area (Å²) in [6.07, 6.45) is 4.37. The first-order valence-electron chi connectivity index (χ1n) is 7.83. The molecule has 118 valence electrons. The van der Waals surface area contributed by atoms with E-state index in [1.165, 1.54) is 12.3 Å². The largest absolute Gasteiger partial charge is 0.349 e. The van der Waals surface area contributed by atoms with Crippen molar-refractivity contribution in [3.05, 3.63) is 59.4 Å². The number of hydrogen-bond donors (Lipinski definition) is 2. The molecule has 0 saturated heterocycles. The number of anilines is 1. The number of rotatable bonds is 5. The number of nitrogens with zero attached hydrogens (tertiary/aromatic N) is 1. The van der Waals surface area contributed by atoms with Crippen LogP contribution < -0.4 is 10.6 Å². The summed E-state index contributed by atoms with van der Waals surface area (Å²) in [5, 5.41) is 5.77. The van der Waals surface area contributed by atoms with Crippen molar-refractivity contribution in [2.24, 2.45) is 0 Å². The van der Waals surface area contributed by atoms with Gasteiger partial charge in [0.1, 0.15) is 5.69 Å². The van der Waals surface area contributed by atoms with E-state index in [1.807, 2.05) is 31.2 Å². The number of benzene rings is 1. The van der Waals surface area contributed by atoms with Crippen molar-refractivity contribution < 1.29 is 9.59 Å². The van der Waals surface area contributed by atoms with Gasteiger partial charge in [0.2, 0.25) is 0 Å². The van der Waals surface area contributed by atoms with Gasteiger partial charge in [-0.05, 0) is 43.0 Å². The van der Waals surface area contributed by atoms with Crippen LogP contribution in [-0.2, 0) is 6.42 Å². The standard InChI is InChI=1S/C18H19N3O2/c1-2-12-5-3-4-6-15(12)21-18(23)16-11-13(9-10-19-16)17(22)20-14-7-8-14/h3-6,9-11,14H,2,7-8H2,1H3,(H,20,22)(H,21,23). The molecule has 0 bridgehead atoms. The Kier molecular flexibility index (Phi) is 4.37. The number of pyridine rings is 1. The quantitative estimate of drug-likeness (QED) is 0.892. The molecule has 1 fully saturated rings. The van der Waals surface area contributed by atoms with Crippen LogP contribution in [-0.4, -0.2) is 22.8 Å². The summed E-state index contributed by atoms with van der Waals surface area (Å²) in [4.78, 5) is 28.5. The lowest BCUT2D eigenvalue weighted by atomic mass is 10.1. The second-order valence-electron chi connectivity index (χ2n) is 5.64. The summed E-state index contributed by atoms with van der Waals surface area (Å²) in [5.41, 5.74) is 2.53. The number of para-hydroxylation sites is 1. The monoisotopic (exact) mass is 309 g/mol. The number of carbonyl (C=O) groups excluding carboxylic acids is 2. The van der Waals surface area contributed by atoms with Crippen LogP contribution >= 0.6 is 0 Å². The summed E-state index contributed by atoms with van der Waals surface area (Å²) in [7, 11) is 0. The fourth-order valence-corrected chi connectivity index (χ4v) is 2.33. The summed E-state index contributed by atoms with van der Waals surface area (Å²) in [5.74, 6) is -0.468. The van der Waals surface area contributed by atoms with Crippen LogP contribution in [0.1, 0.15) is 46.2 Å². The molecule has 0 aliphatic heterocycles. The van der Waals surface area contributed by atoms with E-state index in [4.69, 9.17) is 0 Å². The Morgan fingerprint density at radius 2 is 1.96 bits per heavy atom. The number of carbonyl (C=O) groups is 2. The Balaban J connectivity index is 1.75. The Hall–Kier alpha value is -2.69. The van der Waals surface area contributed by atoms with Crippen LogP contribution in [0.5, 0.6) is 0 Å². The lowest BCUT2D eigenvalue weighted by molar-refractivity contribution is 0.0951. The zero-order valence-electron chi connectivity index (χ0n) is 13.0. The maximum Gasteiger partial charge on any atom is 0.274 e. The molecule has 2 amide bonds. The molecule has 0 spiro atoms. The summed E-state index contributed by atoms with van der Waals surface area (Å²) in [6.45, 7) is 2.03. The highest BCUT2D eigenvalue weighted by Gasteiger charge is 2.24. The normalized spacial score (nSPS) is 13.4. The second kappa shape index (κ2) is 6.60. The van der Waals surface area contributed by atoms with Gasteiger partial charge in [0, 0.05) is 23.5 Å². The third-order valence-corrected chi connectivity index (χ3v) is 3.81. The van der Waals surface area contributed by atoms with E-state index in [0.717, 1.165) is 30.5 Å². The molecule has 5 nitrogen and oxygen atoms in total. The van der Waals surface area contributed by atoms with Crippen molar-refractivity contribution in [3.63, 3.8) is 0 Å². The smallest absolute Gasteiger partial charge is 0.274 e. The second-order valence-corrected chi connectivity index (χ2v) is 5.64. The van der Waals surface area contributed by atoms with Crippen molar-refractivity contribution >= 4 is 17.5 Å². The molecule has 5 heteroatoms. The van der Waals surface area contributed by atoms with Gasteiger partial charge in [-0.2, -0.15) is 0 Å². The van der Waals surface area contributed by atoms with Gasteiger partial charge in [0.15, 0.2) is 0 Å². The van der Waals surface area contributed by atoms with Crippen molar-refractivity contribution in [1.29, 1.82) is 0 Å². The van der Waals surface area contributed by atoms with Crippen LogP contribution in [0.4, 0.5) is 5.69 Å². The minimum Gasteiger partial charge on any atom is -0.349 e. The summed E-state index contributed by atoms with van der Waals surface area (Å²) in [6, 6.07) is 11.1. The number of aryl methyl sites for hydroxylation is 1. The Labute approximate surface area is 135 Å². The van der Waals surface area contributed by atoms with Gasteiger partial charge in [0.05, 0.1) is 0 Å². The predicted octanol–water partition coefficient (Wildman–Crippen LogP) is 2.79. The van der Waals surface area contributed by atoms with E-state index in [0.29, 0.717) is 5.56 Å². The zero-order valence-corrected chi connectivity index (χ0v) is 13.0. The van der Waals surface area contributed by atoms with Gasteiger partial charge >= 0.3 is 0 Å². The molecule has 23 heavy (non-hydrogen) atoms. The molecule has 1 aromatic heterocycles. The molecule has 0 unspecified atom stereocenters. The van der Waals surface area contributed by atoms with E-state index >= 15 is 0 Å². The van der Waals surface area contributed by atoms with E-state index in [9.17, 15) is 9.59 Å². The van der Waals surface area contributed by atoms with Gasteiger partial charge in [-0.15, -0.1) is 0 Å². The summed E-state index contributed by atoms with van der Waals surface area (Å²) < 4.78 is 0. The number of nitrogens with one attached hydrogen (secondary N) is 2. The van der Waals surface area contributed by atoms with Gasteiger partial charge in [-0.25, -0.2) is 0 Å². The predicted molar refractivity (Wildman–Crippen MR) is 88.5 cm³/mol. The highest BCUT2D eigenvalue weighted by molar-refractivity contribution is 6.05. The molecular weight excluding hydrogens is 290 g/mol. The third-order valence-electron chi connectivity index (χ3n) is 3.81. The van der Waals surface area contributed by atoms with Gasteiger partial charge in [0.25, 0.3) is 11.8 Å². The topological polar surface area (TPSA) is 71.1 Å². The van der Waals surface area contributed by atoms with Gasteiger partial charge in [-0.1, -0.05) is 25.1 Å². The minimum absolute atomic E-state index is 0.155. The van der Waals surface area contributed by atoms with E-state index in [2.05, 4.69) is 15.6 Å². The molecule has 1 aliphatic carbocycles. The number of hydrogen-bond acceptors (Lipinski definition) is 3. The highest BCUT2D eigenvalue weighted by Crippen LogP contribution is 2.20. The van der Waals surface area contributed by atoms with Crippen LogP contribution in [0.15, 0.2) is 42.6 Å². The van der Waals surface area contributed by atoms with E-state index in [1.54, 1.807) is 6.07 Å². The van der Waals surface area contributed by atoms with Crippen LogP contribution in [0.2, 0.25) is 0 Å². The van der Waals surface area contributed by atoms with Crippen LogP contribution in [0.3, 0.4) is 0 Å². The number of amides is 2. The average Bonchev–Trinajstić information content (AvgIpc) is 3.39. The maximum atomic E-state index is 12.4. The first-order valence-corrected chi connectivity index (χ1v) is 7.83. The molecule has 1 aromatic carbocycles. The molecule has 3 rings (SSSR count). The molecule has 0 radical (unpaired) electrons. The number of aromatic nitrogens is 1. The van der Waals surface area contributed by atoms with Crippen molar-refractivity contribution in [3.8, 4) is 0 Å². The maximum absolute atomic E-state index is 12.4. The SMILES string of the molecule is CCc1ccccc1NC(=O)c1cc(C(=O)NC2CC2)ccn1. The Morgan fingerprint density at radius 1 is 1.17 bits per heavy atom. The van der Waals surface area contributed by atoms with Gasteiger partial charge in [-0.3, -0.25) is 14.6 Å². The average molecular weight is 309 g/mol. The first kappa shape index (κ1) is 15.2. The molecule has 2 aromatic rings. The lowest BCUT2D eigenvalue weighted by Crippen LogP contribution is -2.26. The lowest BCUT2D eigenvalue weighted by Gasteiger charge is -2.10. The van der Waals surface area contributed by atoms with Crippen LogP contribution in [0.25, 0.3) is 0 Å². The third kappa shape index (κ3) is 3.74. The zero-order chi connectivity index (χ0) is 16.2.